The molecule has 0 radical (unpaired) electrons. The van der Waals surface area contributed by atoms with Gasteiger partial charge in [0.2, 0.25) is 5.91 Å². The molecule has 16 heavy (non-hydrogen) atoms. The molecule has 1 unspecified atom stereocenters. The summed E-state index contributed by atoms with van der Waals surface area (Å²) in [6.45, 7) is 0. The number of halogens is 1. The fourth-order valence-corrected chi connectivity index (χ4v) is 1.84. The molecule has 0 saturated carbocycles. The Bertz CT molecular complexity index is 390. The maximum absolute atomic E-state index is 10.9. The lowest BCUT2D eigenvalue weighted by Crippen LogP contribution is -2.17. The maximum atomic E-state index is 10.9. The molecule has 1 aromatic carbocycles. The van der Waals surface area contributed by atoms with Gasteiger partial charge >= 0.3 is 5.97 Å². The molecule has 0 aliphatic heterocycles. The summed E-state index contributed by atoms with van der Waals surface area (Å²) in [4.78, 5) is 21.5. The lowest BCUT2D eigenvalue weighted by atomic mass is 9.92. The van der Waals surface area contributed by atoms with Gasteiger partial charge in [0, 0.05) is 17.4 Å². The highest BCUT2D eigenvalue weighted by Crippen LogP contribution is 2.29. The second kappa shape index (κ2) is 5.51. The third kappa shape index (κ3) is 3.55. The van der Waals surface area contributed by atoms with Crippen LogP contribution in [0.4, 0.5) is 0 Å². The van der Waals surface area contributed by atoms with Crippen molar-refractivity contribution in [3.63, 3.8) is 0 Å². The minimum absolute atomic E-state index is 0.0178. The summed E-state index contributed by atoms with van der Waals surface area (Å²) in [5.74, 6) is -1.99. The molecule has 1 atom stereocenters. The topological polar surface area (TPSA) is 80.4 Å². The molecule has 0 heterocycles. The number of carboxylic acids is 1. The minimum Gasteiger partial charge on any atom is -0.481 e. The number of hydrogen-bond donors (Lipinski definition) is 2. The number of aliphatic carboxylic acids is 1. The van der Waals surface area contributed by atoms with Gasteiger partial charge in [0.25, 0.3) is 0 Å². The van der Waals surface area contributed by atoms with Gasteiger partial charge in [-0.05, 0) is 11.6 Å². The lowest BCUT2D eigenvalue weighted by Gasteiger charge is -2.14. The van der Waals surface area contributed by atoms with E-state index in [1.54, 1.807) is 24.3 Å². The van der Waals surface area contributed by atoms with Crippen molar-refractivity contribution in [1.29, 1.82) is 0 Å². The van der Waals surface area contributed by atoms with Gasteiger partial charge in [0.05, 0.1) is 6.42 Å². The Labute approximate surface area is 98.0 Å². The Morgan fingerprint density at radius 1 is 1.31 bits per heavy atom. The van der Waals surface area contributed by atoms with E-state index in [9.17, 15) is 9.59 Å². The molecule has 3 N–H and O–H groups in total. The number of carboxylic acid groups (broad SMARTS) is 1. The fourth-order valence-electron chi connectivity index (χ4n) is 1.55. The molecule has 5 heteroatoms. The first-order valence-electron chi connectivity index (χ1n) is 4.75. The van der Waals surface area contributed by atoms with Crippen molar-refractivity contribution in [2.45, 2.75) is 18.8 Å². The summed E-state index contributed by atoms with van der Waals surface area (Å²) in [5.41, 5.74) is 5.73. The van der Waals surface area contributed by atoms with E-state index in [2.05, 4.69) is 0 Å². The molecule has 0 bridgehead atoms. The van der Waals surface area contributed by atoms with Gasteiger partial charge in [-0.1, -0.05) is 29.8 Å². The normalized spacial score (nSPS) is 12.1. The number of rotatable bonds is 5. The molecule has 0 saturated heterocycles. The minimum atomic E-state index is -0.980. The highest BCUT2D eigenvalue weighted by atomic mass is 35.5. The van der Waals surface area contributed by atoms with Crippen molar-refractivity contribution >= 4 is 23.5 Å². The molecular formula is C11H12ClNO3. The first kappa shape index (κ1) is 12.5. The van der Waals surface area contributed by atoms with E-state index in [4.69, 9.17) is 22.4 Å². The number of hydrogen-bond acceptors (Lipinski definition) is 2. The zero-order chi connectivity index (χ0) is 12.1. The number of carbonyl (C=O) groups excluding carboxylic acids is 1. The smallest absolute Gasteiger partial charge is 0.303 e. The van der Waals surface area contributed by atoms with Gasteiger partial charge in [0.15, 0.2) is 0 Å². The molecule has 1 rings (SSSR count). The van der Waals surface area contributed by atoms with Crippen LogP contribution in [-0.4, -0.2) is 17.0 Å². The predicted molar refractivity (Wildman–Crippen MR) is 60.3 cm³/mol. The van der Waals surface area contributed by atoms with Crippen molar-refractivity contribution in [2.24, 2.45) is 5.73 Å². The Kier molecular flexibility index (Phi) is 4.31. The molecule has 86 valence electrons. The van der Waals surface area contributed by atoms with Crippen molar-refractivity contribution in [3.05, 3.63) is 34.9 Å². The lowest BCUT2D eigenvalue weighted by molar-refractivity contribution is -0.137. The molecule has 0 aromatic heterocycles. The summed E-state index contributed by atoms with van der Waals surface area (Å²) in [6, 6.07) is 6.86. The van der Waals surface area contributed by atoms with Crippen LogP contribution in [0.25, 0.3) is 0 Å². The summed E-state index contributed by atoms with van der Waals surface area (Å²) in [5, 5.41) is 9.21. The van der Waals surface area contributed by atoms with E-state index >= 15 is 0 Å². The van der Waals surface area contributed by atoms with Crippen LogP contribution in [-0.2, 0) is 9.59 Å². The average molecular weight is 242 g/mol. The van der Waals surface area contributed by atoms with Gasteiger partial charge in [-0.25, -0.2) is 0 Å². The molecule has 0 aliphatic rings. The third-order valence-electron chi connectivity index (χ3n) is 2.21. The number of benzene rings is 1. The number of primary amides is 1. The van der Waals surface area contributed by atoms with Gasteiger partial charge in [-0.3, -0.25) is 9.59 Å². The molecule has 1 aromatic rings. The van der Waals surface area contributed by atoms with E-state index < -0.39 is 17.8 Å². The van der Waals surface area contributed by atoms with Gasteiger partial charge < -0.3 is 10.8 Å². The fraction of sp³-hybridized carbons (Fsp3) is 0.273. The third-order valence-corrected chi connectivity index (χ3v) is 2.56. The Hall–Kier alpha value is -1.55. The highest BCUT2D eigenvalue weighted by Gasteiger charge is 2.19. The summed E-state index contributed by atoms with van der Waals surface area (Å²) < 4.78 is 0. The Balaban J connectivity index is 2.96. The molecule has 0 spiro atoms. The van der Waals surface area contributed by atoms with Crippen LogP contribution in [0.1, 0.15) is 24.3 Å². The SMILES string of the molecule is NC(=O)CC(CC(=O)O)c1ccccc1Cl. The first-order valence-corrected chi connectivity index (χ1v) is 5.13. The van der Waals surface area contributed by atoms with Crippen molar-refractivity contribution < 1.29 is 14.7 Å². The molecular weight excluding hydrogens is 230 g/mol. The van der Waals surface area contributed by atoms with E-state index in [1.165, 1.54) is 0 Å². The van der Waals surface area contributed by atoms with Gasteiger partial charge in [0.1, 0.15) is 0 Å². The average Bonchev–Trinajstić information content (AvgIpc) is 2.15. The molecule has 1 amide bonds. The Morgan fingerprint density at radius 3 is 2.44 bits per heavy atom. The molecule has 0 aliphatic carbocycles. The van der Waals surface area contributed by atoms with Crippen LogP contribution in [0.2, 0.25) is 5.02 Å². The second-order valence-corrected chi connectivity index (χ2v) is 3.89. The number of carbonyl (C=O) groups is 2. The largest absolute Gasteiger partial charge is 0.481 e. The van der Waals surface area contributed by atoms with Gasteiger partial charge in [-0.2, -0.15) is 0 Å². The number of amides is 1. The zero-order valence-corrected chi connectivity index (χ0v) is 9.28. The maximum Gasteiger partial charge on any atom is 0.303 e. The van der Waals surface area contributed by atoms with Gasteiger partial charge in [-0.15, -0.1) is 0 Å². The monoisotopic (exact) mass is 241 g/mol. The highest BCUT2D eigenvalue weighted by molar-refractivity contribution is 6.31. The number of nitrogens with two attached hydrogens (primary N) is 1. The van der Waals surface area contributed by atoms with Crippen molar-refractivity contribution in [3.8, 4) is 0 Å². The van der Waals surface area contributed by atoms with E-state index in [-0.39, 0.29) is 12.8 Å². The van der Waals surface area contributed by atoms with Crippen LogP contribution in [0.3, 0.4) is 0 Å². The van der Waals surface area contributed by atoms with Crippen molar-refractivity contribution in [1.82, 2.24) is 0 Å². The van der Waals surface area contributed by atoms with E-state index in [1.807, 2.05) is 0 Å². The summed E-state index contributed by atoms with van der Waals surface area (Å²) in [6.07, 6.45) is -0.178. The van der Waals surface area contributed by atoms with E-state index in [0.29, 0.717) is 10.6 Å². The summed E-state index contributed by atoms with van der Waals surface area (Å²) in [7, 11) is 0. The first-order chi connectivity index (χ1) is 7.50. The van der Waals surface area contributed by atoms with Crippen LogP contribution in [0.5, 0.6) is 0 Å². The molecule has 4 nitrogen and oxygen atoms in total. The molecule has 0 fully saturated rings. The quantitative estimate of drug-likeness (QED) is 0.825. The van der Waals surface area contributed by atoms with Crippen LogP contribution in [0, 0.1) is 0 Å². The van der Waals surface area contributed by atoms with Crippen LogP contribution >= 0.6 is 11.6 Å². The standard InChI is InChI=1S/C11H12ClNO3/c12-9-4-2-1-3-8(9)7(5-10(13)14)6-11(15)16/h1-4,7H,5-6H2,(H2,13,14)(H,15,16). The van der Waals surface area contributed by atoms with Crippen LogP contribution in [0.15, 0.2) is 24.3 Å². The van der Waals surface area contributed by atoms with Crippen LogP contribution < -0.4 is 5.73 Å². The van der Waals surface area contributed by atoms with E-state index in [0.717, 1.165) is 0 Å². The summed E-state index contributed by atoms with van der Waals surface area (Å²) >= 11 is 5.94. The zero-order valence-electron chi connectivity index (χ0n) is 8.52. The predicted octanol–water partition coefficient (Wildman–Crippen LogP) is 1.77. The Morgan fingerprint density at radius 2 is 1.94 bits per heavy atom. The second-order valence-electron chi connectivity index (χ2n) is 3.49. The van der Waals surface area contributed by atoms with Crippen molar-refractivity contribution in [2.75, 3.05) is 0 Å².